The fourth-order valence-electron chi connectivity index (χ4n) is 2.79. The molecular weight excluding hydrogens is 354 g/mol. The predicted molar refractivity (Wildman–Crippen MR) is 88.5 cm³/mol. The lowest BCUT2D eigenvalue weighted by Gasteiger charge is -2.26. The largest absolute Gasteiger partial charge is 0.341 e. The third-order valence-electron chi connectivity index (χ3n) is 3.77. The van der Waals surface area contributed by atoms with Gasteiger partial charge < -0.3 is 4.90 Å². The topological polar surface area (TPSA) is 20.3 Å². The van der Waals surface area contributed by atoms with E-state index < -0.39 is 0 Å². The molecule has 1 unspecified atom stereocenters. The third-order valence-corrected chi connectivity index (χ3v) is 6.32. The number of hydrogen-bond acceptors (Lipinski definition) is 3. The highest BCUT2D eigenvalue weighted by molar-refractivity contribution is 9.11. The van der Waals surface area contributed by atoms with Crippen LogP contribution < -0.4 is 0 Å². The average molecular weight is 370 g/mol. The summed E-state index contributed by atoms with van der Waals surface area (Å²) in [5, 5.41) is 4.22. The Morgan fingerprint density at radius 1 is 1.50 bits per heavy atom. The molecule has 0 saturated heterocycles. The fraction of sp³-hybridized carbons (Fsp3) is 0.400. The van der Waals surface area contributed by atoms with Crippen LogP contribution in [0.1, 0.15) is 34.8 Å². The van der Waals surface area contributed by atoms with Crippen molar-refractivity contribution in [1.29, 1.82) is 0 Å². The lowest BCUT2D eigenvalue weighted by Crippen LogP contribution is -2.32. The molecule has 5 heteroatoms. The Morgan fingerprint density at radius 3 is 3.10 bits per heavy atom. The van der Waals surface area contributed by atoms with Gasteiger partial charge in [0, 0.05) is 18.5 Å². The molecule has 2 heterocycles. The predicted octanol–water partition coefficient (Wildman–Crippen LogP) is 4.65. The van der Waals surface area contributed by atoms with E-state index in [0.717, 1.165) is 23.0 Å². The van der Waals surface area contributed by atoms with Gasteiger partial charge in [0.1, 0.15) is 0 Å². The molecule has 1 amide bonds. The maximum absolute atomic E-state index is 12.7. The number of likely N-dealkylation sites (N-methyl/N-ethyl adjacent to an activating group) is 1. The Morgan fingerprint density at radius 2 is 2.35 bits per heavy atom. The Balaban J connectivity index is 1.73. The van der Waals surface area contributed by atoms with Crippen molar-refractivity contribution in [2.24, 2.45) is 0 Å². The molecule has 1 aliphatic carbocycles. The number of halogens is 1. The highest BCUT2D eigenvalue weighted by atomic mass is 79.9. The standard InChI is InChI=1S/C15H16BrNOS2/c1-17(8-10-7-14(16)20-9-10)15(18)12-3-2-4-13-11(12)5-6-19-13/h5-7,9,12H,2-4,8H2,1H3. The molecule has 2 aromatic rings. The molecule has 0 radical (unpaired) electrons. The second kappa shape index (κ2) is 6.00. The summed E-state index contributed by atoms with van der Waals surface area (Å²) >= 11 is 6.92. The van der Waals surface area contributed by atoms with Crippen LogP contribution in [0.25, 0.3) is 0 Å². The fourth-order valence-corrected chi connectivity index (χ4v) is 4.98. The van der Waals surface area contributed by atoms with Crippen molar-refractivity contribution in [3.05, 3.63) is 42.7 Å². The first kappa shape index (κ1) is 14.3. The first-order valence-corrected chi connectivity index (χ1v) is 9.24. The molecule has 0 aliphatic heterocycles. The normalized spacial score (nSPS) is 17.8. The summed E-state index contributed by atoms with van der Waals surface area (Å²) in [4.78, 5) is 16.0. The van der Waals surface area contributed by atoms with Crippen LogP contribution in [0.3, 0.4) is 0 Å². The van der Waals surface area contributed by atoms with Crippen molar-refractivity contribution in [2.45, 2.75) is 31.7 Å². The number of carbonyl (C=O) groups is 1. The van der Waals surface area contributed by atoms with Crippen molar-refractivity contribution in [2.75, 3.05) is 7.05 Å². The summed E-state index contributed by atoms with van der Waals surface area (Å²) in [6.07, 6.45) is 3.25. The van der Waals surface area contributed by atoms with Gasteiger partial charge in [0.05, 0.1) is 9.70 Å². The lowest BCUT2D eigenvalue weighted by atomic mass is 9.87. The van der Waals surface area contributed by atoms with E-state index in [1.54, 1.807) is 22.7 Å². The van der Waals surface area contributed by atoms with Crippen LogP contribution in [0.2, 0.25) is 0 Å². The average Bonchev–Trinajstić information content (AvgIpc) is 3.06. The van der Waals surface area contributed by atoms with Gasteiger partial charge in [0.2, 0.25) is 5.91 Å². The minimum absolute atomic E-state index is 0.0667. The SMILES string of the molecule is CN(Cc1csc(Br)c1)C(=O)C1CCCc2sccc21. The molecule has 0 saturated carbocycles. The number of carbonyl (C=O) groups excluding carboxylic acids is 1. The van der Waals surface area contributed by atoms with E-state index in [1.165, 1.54) is 16.0 Å². The second-order valence-corrected chi connectivity index (χ2v) is 8.49. The molecule has 0 bridgehead atoms. The summed E-state index contributed by atoms with van der Waals surface area (Å²) in [5.74, 6) is 0.323. The van der Waals surface area contributed by atoms with Crippen molar-refractivity contribution < 1.29 is 4.79 Å². The summed E-state index contributed by atoms with van der Waals surface area (Å²) in [6, 6.07) is 4.22. The van der Waals surface area contributed by atoms with Gasteiger partial charge in [-0.2, -0.15) is 0 Å². The van der Waals surface area contributed by atoms with Gasteiger partial charge in [-0.3, -0.25) is 4.79 Å². The number of aryl methyl sites for hydroxylation is 1. The van der Waals surface area contributed by atoms with Crippen LogP contribution in [0.5, 0.6) is 0 Å². The number of hydrogen-bond donors (Lipinski definition) is 0. The summed E-state index contributed by atoms with van der Waals surface area (Å²) in [7, 11) is 1.91. The Kier molecular flexibility index (Phi) is 4.29. The summed E-state index contributed by atoms with van der Waals surface area (Å²) < 4.78 is 1.12. The quantitative estimate of drug-likeness (QED) is 0.770. The van der Waals surface area contributed by atoms with Crippen LogP contribution in [0.15, 0.2) is 26.7 Å². The molecule has 0 aromatic carbocycles. The van der Waals surface area contributed by atoms with Gasteiger partial charge in [-0.1, -0.05) is 0 Å². The summed E-state index contributed by atoms with van der Waals surface area (Å²) in [6.45, 7) is 0.691. The first-order chi connectivity index (χ1) is 9.65. The van der Waals surface area contributed by atoms with Gasteiger partial charge >= 0.3 is 0 Å². The summed E-state index contributed by atoms with van der Waals surface area (Å²) in [5.41, 5.74) is 2.46. The zero-order chi connectivity index (χ0) is 14.1. The van der Waals surface area contributed by atoms with Crippen molar-refractivity contribution in [1.82, 2.24) is 4.90 Å². The molecule has 20 heavy (non-hydrogen) atoms. The van der Waals surface area contributed by atoms with Gasteiger partial charge in [0.15, 0.2) is 0 Å². The monoisotopic (exact) mass is 369 g/mol. The molecule has 2 nitrogen and oxygen atoms in total. The zero-order valence-corrected chi connectivity index (χ0v) is 14.5. The van der Waals surface area contributed by atoms with E-state index in [9.17, 15) is 4.79 Å². The minimum Gasteiger partial charge on any atom is -0.341 e. The maximum Gasteiger partial charge on any atom is 0.230 e. The zero-order valence-electron chi connectivity index (χ0n) is 11.3. The maximum atomic E-state index is 12.7. The van der Waals surface area contributed by atoms with Crippen LogP contribution in [-0.2, 0) is 17.8 Å². The smallest absolute Gasteiger partial charge is 0.230 e. The number of fused-ring (bicyclic) bond motifs is 1. The third kappa shape index (κ3) is 2.85. The van der Waals surface area contributed by atoms with Crippen LogP contribution in [0, 0.1) is 0 Å². The highest BCUT2D eigenvalue weighted by Crippen LogP contribution is 2.36. The number of rotatable bonds is 3. The van der Waals surface area contributed by atoms with E-state index in [0.29, 0.717) is 6.54 Å². The number of amides is 1. The van der Waals surface area contributed by atoms with E-state index in [1.807, 2.05) is 11.9 Å². The van der Waals surface area contributed by atoms with Crippen LogP contribution in [0.4, 0.5) is 0 Å². The molecule has 1 aliphatic rings. The molecule has 0 N–H and O–H groups in total. The van der Waals surface area contributed by atoms with E-state index >= 15 is 0 Å². The van der Waals surface area contributed by atoms with E-state index in [4.69, 9.17) is 0 Å². The van der Waals surface area contributed by atoms with Crippen LogP contribution >= 0.6 is 38.6 Å². The molecule has 1 atom stereocenters. The Hall–Kier alpha value is -0.650. The molecule has 3 rings (SSSR count). The van der Waals surface area contributed by atoms with E-state index in [2.05, 4.69) is 38.8 Å². The molecule has 106 valence electrons. The Labute approximate surface area is 135 Å². The van der Waals surface area contributed by atoms with E-state index in [-0.39, 0.29) is 11.8 Å². The van der Waals surface area contributed by atoms with Gasteiger partial charge in [-0.05, 0) is 69.2 Å². The second-order valence-electron chi connectivity index (χ2n) is 5.20. The van der Waals surface area contributed by atoms with Crippen molar-refractivity contribution >= 4 is 44.5 Å². The van der Waals surface area contributed by atoms with Crippen molar-refractivity contribution in [3.63, 3.8) is 0 Å². The molecule has 0 spiro atoms. The molecule has 2 aromatic heterocycles. The first-order valence-electron chi connectivity index (χ1n) is 6.69. The van der Waals surface area contributed by atoms with Crippen molar-refractivity contribution in [3.8, 4) is 0 Å². The minimum atomic E-state index is 0.0667. The van der Waals surface area contributed by atoms with Gasteiger partial charge in [0.25, 0.3) is 0 Å². The lowest BCUT2D eigenvalue weighted by molar-refractivity contribution is -0.132. The van der Waals surface area contributed by atoms with Gasteiger partial charge in [-0.25, -0.2) is 0 Å². The van der Waals surface area contributed by atoms with Gasteiger partial charge in [-0.15, -0.1) is 22.7 Å². The number of nitrogens with zero attached hydrogens (tertiary/aromatic N) is 1. The number of thiophene rings is 2. The molecule has 0 fully saturated rings. The van der Waals surface area contributed by atoms with Crippen LogP contribution in [-0.4, -0.2) is 17.9 Å². The highest BCUT2D eigenvalue weighted by Gasteiger charge is 2.29. The molecular formula is C15H16BrNOS2. The Bertz CT molecular complexity index is 619.